The number of aryl methyl sites for hydroxylation is 1. The van der Waals surface area contributed by atoms with E-state index in [0.29, 0.717) is 10.9 Å². The number of nitrogens with one attached hydrogen (secondary N) is 1. The Bertz CT molecular complexity index is 1280. The molecule has 2 aromatic heterocycles. The highest BCUT2D eigenvalue weighted by Gasteiger charge is 2.27. The fourth-order valence-electron chi connectivity index (χ4n) is 3.06. The topological polar surface area (TPSA) is 50.7 Å². The molecule has 0 radical (unpaired) electrons. The third-order valence-corrected chi connectivity index (χ3v) is 4.72. The molecule has 132 valence electrons. The summed E-state index contributed by atoms with van der Waals surface area (Å²) < 4.78 is 46.1. The van der Waals surface area contributed by atoms with Gasteiger partial charge in [0, 0.05) is 29.8 Å². The quantitative estimate of drug-likeness (QED) is 0.370. The molecule has 26 heavy (non-hydrogen) atoms. The molecule has 0 bridgehead atoms. The largest absolute Gasteiger partial charge is 0.350 e. The molecule has 4 rings (SSSR count). The predicted octanol–water partition coefficient (Wildman–Crippen LogP) is 4.81. The van der Waals surface area contributed by atoms with Gasteiger partial charge in [0.1, 0.15) is 16.7 Å². The van der Waals surface area contributed by atoms with E-state index in [-0.39, 0.29) is 5.56 Å². The Morgan fingerprint density at radius 3 is 2.54 bits per heavy atom. The number of hydrogen-bond acceptors (Lipinski definition) is 2. The Hall–Kier alpha value is -2.51. The molecule has 0 saturated carbocycles. The Balaban J connectivity index is 2.27. The van der Waals surface area contributed by atoms with Crippen LogP contribution in [0.4, 0.5) is 13.2 Å². The number of H-pyrrole nitrogens is 1. The normalized spacial score (nSPS) is 11.6. The molecule has 2 aromatic carbocycles. The van der Waals surface area contributed by atoms with Crippen LogP contribution in [-0.2, 0) is 7.05 Å². The van der Waals surface area contributed by atoms with Crippen molar-refractivity contribution in [2.24, 2.45) is 7.05 Å². The minimum Gasteiger partial charge on any atom is -0.350 e. The molecule has 2 heterocycles. The molecule has 1 N–H and O–H groups in total. The minimum atomic E-state index is -1.20. The van der Waals surface area contributed by atoms with Gasteiger partial charge in [0.05, 0.1) is 10.5 Å². The van der Waals surface area contributed by atoms with E-state index in [1.807, 2.05) is 0 Å². The maximum atomic E-state index is 15.2. The number of aromatic nitrogens is 3. The van der Waals surface area contributed by atoms with Crippen LogP contribution in [0.1, 0.15) is 0 Å². The maximum Gasteiger partial charge on any atom is 0.262 e. The van der Waals surface area contributed by atoms with Crippen molar-refractivity contribution in [1.82, 2.24) is 14.5 Å². The second-order valence-electron chi connectivity index (χ2n) is 5.68. The van der Waals surface area contributed by atoms with Crippen LogP contribution in [0.25, 0.3) is 32.9 Å². The highest BCUT2D eigenvalue weighted by Crippen LogP contribution is 2.41. The van der Waals surface area contributed by atoms with Crippen molar-refractivity contribution in [2.45, 2.75) is 0 Å². The van der Waals surface area contributed by atoms with E-state index in [4.69, 9.17) is 23.2 Å². The number of benzene rings is 2. The third kappa shape index (κ3) is 2.24. The lowest BCUT2D eigenvalue weighted by atomic mass is 9.99. The van der Waals surface area contributed by atoms with Crippen LogP contribution < -0.4 is 5.56 Å². The van der Waals surface area contributed by atoms with Crippen LogP contribution in [0.3, 0.4) is 0 Å². The van der Waals surface area contributed by atoms with Crippen molar-refractivity contribution < 1.29 is 13.2 Å². The van der Waals surface area contributed by atoms with Crippen LogP contribution in [0, 0.1) is 17.5 Å². The van der Waals surface area contributed by atoms with Crippen LogP contribution >= 0.6 is 23.2 Å². The van der Waals surface area contributed by atoms with Gasteiger partial charge in [0.15, 0.2) is 11.6 Å². The summed E-state index contributed by atoms with van der Waals surface area (Å²) in [5.41, 5.74) is -2.03. The second kappa shape index (κ2) is 5.75. The maximum absolute atomic E-state index is 15.2. The number of halogens is 5. The van der Waals surface area contributed by atoms with Gasteiger partial charge in [-0.05, 0) is 29.8 Å². The summed E-state index contributed by atoms with van der Waals surface area (Å²) in [5.74, 6) is -3.13. The molecule has 4 nitrogen and oxygen atoms in total. The molecular formula is C17H8Cl2F3N3O. The standard InChI is InChI=1S/C17H8Cl2F3N3O/c1-25-5-4-6-2-3-7(20)8(15(6)25)9-11(18)12(21)10-14(13(9)22)23-17(19)24-16(10)26/h2-5H,1H3,(H,23,24,26). The average Bonchev–Trinajstić information content (AvgIpc) is 2.95. The summed E-state index contributed by atoms with van der Waals surface area (Å²) in [6.07, 6.45) is 1.65. The summed E-state index contributed by atoms with van der Waals surface area (Å²) in [4.78, 5) is 17.7. The molecule has 0 aliphatic heterocycles. The van der Waals surface area contributed by atoms with Crippen molar-refractivity contribution in [3.8, 4) is 11.1 Å². The molecular weight excluding hydrogens is 390 g/mol. The van der Waals surface area contributed by atoms with E-state index in [1.165, 1.54) is 6.07 Å². The molecule has 0 unspecified atom stereocenters. The van der Waals surface area contributed by atoms with Gasteiger partial charge in [-0.15, -0.1) is 0 Å². The Morgan fingerprint density at radius 2 is 1.81 bits per heavy atom. The van der Waals surface area contributed by atoms with E-state index >= 15 is 4.39 Å². The highest BCUT2D eigenvalue weighted by atomic mass is 35.5. The highest BCUT2D eigenvalue weighted by molar-refractivity contribution is 6.35. The number of hydrogen-bond donors (Lipinski definition) is 1. The Morgan fingerprint density at radius 1 is 1.08 bits per heavy atom. The summed E-state index contributed by atoms with van der Waals surface area (Å²) in [7, 11) is 1.63. The van der Waals surface area contributed by atoms with Crippen LogP contribution in [0.5, 0.6) is 0 Å². The minimum absolute atomic E-state index is 0.225. The Labute approximate surface area is 153 Å². The molecule has 0 spiro atoms. The molecule has 0 atom stereocenters. The fourth-order valence-corrected chi connectivity index (χ4v) is 3.51. The lowest BCUT2D eigenvalue weighted by Gasteiger charge is -2.13. The van der Waals surface area contributed by atoms with Crippen LogP contribution in [-0.4, -0.2) is 14.5 Å². The zero-order chi connectivity index (χ0) is 18.7. The van der Waals surface area contributed by atoms with Gasteiger partial charge in [-0.25, -0.2) is 18.2 Å². The first-order valence-electron chi connectivity index (χ1n) is 7.31. The monoisotopic (exact) mass is 397 g/mol. The first-order valence-corrected chi connectivity index (χ1v) is 8.06. The molecule has 0 saturated heterocycles. The SMILES string of the molecule is Cn1ccc2ccc(F)c(-c3c(Cl)c(F)c4c(=O)[nH]c(Cl)nc4c3F)c21. The number of rotatable bonds is 1. The molecule has 0 aliphatic carbocycles. The molecule has 9 heteroatoms. The van der Waals surface area contributed by atoms with Gasteiger partial charge in [-0.1, -0.05) is 11.6 Å². The van der Waals surface area contributed by atoms with E-state index in [9.17, 15) is 13.6 Å². The predicted molar refractivity (Wildman–Crippen MR) is 94.2 cm³/mol. The van der Waals surface area contributed by atoms with Gasteiger partial charge < -0.3 is 4.57 Å². The molecule has 0 fully saturated rings. The van der Waals surface area contributed by atoms with Crippen LogP contribution in [0.2, 0.25) is 10.3 Å². The van der Waals surface area contributed by atoms with Gasteiger partial charge in [0.25, 0.3) is 5.56 Å². The lowest BCUT2D eigenvalue weighted by molar-refractivity contribution is 0.609. The van der Waals surface area contributed by atoms with Crippen molar-refractivity contribution in [2.75, 3.05) is 0 Å². The molecule has 4 aromatic rings. The zero-order valence-electron chi connectivity index (χ0n) is 13.0. The van der Waals surface area contributed by atoms with Crippen LogP contribution in [0.15, 0.2) is 29.2 Å². The zero-order valence-corrected chi connectivity index (χ0v) is 14.5. The van der Waals surface area contributed by atoms with Crippen molar-refractivity contribution in [1.29, 1.82) is 0 Å². The van der Waals surface area contributed by atoms with Crippen molar-refractivity contribution in [3.63, 3.8) is 0 Å². The van der Waals surface area contributed by atoms with Crippen molar-refractivity contribution >= 4 is 45.0 Å². The smallest absolute Gasteiger partial charge is 0.262 e. The fraction of sp³-hybridized carbons (Fsp3) is 0.0588. The van der Waals surface area contributed by atoms with E-state index < -0.39 is 49.8 Å². The van der Waals surface area contributed by atoms with Gasteiger partial charge >= 0.3 is 0 Å². The lowest BCUT2D eigenvalue weighted by Crippen LogP contribution is -2.12. The first kappa shape index (κ1) is 16.9. The summed E-state index contributed by atoms with van der Waals surface area (Å²) in [6, 6.07) is 4.34. The Kier molecular flexibility index (Phi) is 3.75. The summed E-state index contributed by atoms with van der Waals surface area (Å²) in [6.45, 7) is 0. The summed E-state index contributed by atoms with van der Waals surface area (Å²) in [5, 5.41) is -1.21. The van der Waals surface area contributed by atoms with Gasteiger partial charge in [-0.2, -0.15) is 0 Å². The van der Waals surface area contributed by atoms with Gasteiger partial charge in [0.2, 0.25) is 5.28 Å². The first-order chi connectivity index (χ1) is 12.3. The number of nitrogens with zero attached hydrogens (tertiary/aromatic N) is 2. The van der Waals surface area contributed by atoms with Crippen molar-refractivity contribution in [3.05, 3.63) is 62.5 Å². The van der Waals surface area contributed by atoms with E-state index in [2.05, 4.69) is 9.97 Å². The van der Waals surface area contributed by atoms with E-state index in [0.717, 1.165) is 6.07 Å². The number of fused-ring (bicyclic) bond motifs is 2. The number of aromatic amines is 1. The average molecular weight is 398 g/mol. The molecule has 0 amide bonds. The van der Waals surface area contributed by atoms with Gasteiger partial charge in [-0.3, -0.25) is 9.78 Å². The summed E-state index contributed by atoms with van der Waals surface area (Å²) >= 11 is 11.7. The second-order valence-corrected chi connectivity index (χ2v) is 6.42. The van der Waals surface area contributed by atoms with E-state index in [1.54, 1.807) is 23.9 Å². The molecule has 0 aliphatic rings. The third-order valence-electron chi connectivity index (χ3n) is 4.19.